The molecule has 1 aliphatic rings. The second kappa shape index (κ2) is 11.0. The summed E-state index contributed by atoms with van der Waals surface area (Å²) in [5.41, 5.74) is 4.94. The second-order valence-corrected chi connectivity index (χ2v) is 9.62. The van der Waals surface area contributed by atoms with Crippen molar-refractivity contribution in [2.45, 2.75) is 27.4 Å². The van der Waals surface area contributed by atoms with E-state index in [1.807, 2.05) is 81.4 Å². The Morgan fingerprint density at radius 2 is 1.80 bits per heavy atom. The highest BCUT2D eigenvalue weighted by molar-refractivity contribution is 8.18. The molecule has 1 amide bonds. The van der Waals surface area contributed by atoms with Gasteiger partial charge < -0.3 is 9.47 Å². The van der Waals surface area contributed by atoms with Crippen LogP contribution in [0, 0.1) is 13.8 Å². The Labute approximate surface area is 215 Å². The van der Waals surface area contributed by atoms with Crippen molar-refractivity contribution < 1.29 is 14.3 Å². The highest BCUT2D eigenvalue weighted by Gasteiger charge is 2.32. The number of ether oxygens (including phenoxy) is 2. The summed E-state index contributed by atoms with van der Waals surface area (Å²) in [5.74, 6) is 1.17. The normalized spacial score (nSPS) is 15.8. The molecule has 7 heteroatoms. The molecule has 0 N–H and O–H groups in total. The molecule has 5 nitrogen and oxygen atoms in total. The first-order valence-corrected chi connectivity index (χ1v) is 12.5. The Bertz CT molecular complexity index is 1300. The summed E-state index contributed by atoms with van der Waals surface area (Å²) in [5, 5.41) is 1.37. The molecule has 35 heavy (non-hydrogen) atoms. The molecule has 1 aliphatic heterocycles. The average Bonchev–Trinajstić information content (AvgIpc) is 3.14. The molecule has 3 aromatic rings. The summed E-state index contributed by atoms with van der Waals surface area (Å²) < 4.78 is 11.5. The summed E-state index contributed by atoms with van der Waals surface area (Å²) >= 11 is 7.34. The van der Waals surface area contributed by atoms with Crippen molar-refractivity contribution in [2.24, 2.45) is 4.99 Å². The number of likely N-dealkylation sites (N-methyl/N-ethyl adjacent to an activating group) is 1. The quantitative estimate of drug-likeness (QED) is 0.319. The highest BCUT2D eigenvalue weighted by atomic mass is 35.5. The van der Waals surface area contributed by atoms with Gasteiger partial charge in [-0.2, -0.15) is 0 Å². The van der Waals surface area contributed by atoms with Gasteiger partial charge in [-0.25, -0.2) is 4.99 Å². The van der Waals surface area contributed by atoms with E-state index < -0.39 is 0 Å². The summed E-state index contributed by atoms with van der Waals surface area (Å²) in [4.78, 5) is 20.2. The van der Waals surface area contributed by atoms with Crippen LogP contribution in [0.3, 0.4) is 0 Å². The van der Waals surface area contributed by atoms with Gasteiger partial charge in [0, 0.05) is 11.6 Å². The Morgan fingerprint density at radius 3 is 2.51 bits per heavy atom. The standard InChI is InChI=1S/C28H27ClN2O3S/c1-5-31-27(32)26(35-28(31)30-23-14-18(2)6-7-19(23)3)16-21-10-13-24(25(15-21)33-4)34-17-20-8-11-22(29)12-9-20/h6-16H,5,17H2,1-4H3/b26-16+,30-28?. The fourth-order valence-electron chi connectivity index (χ4n) is 3.60. The Balaban J connectivity index is 1.56. The number of methoxy groups -OCH3 is 1. The van der Waals surface area contributed by atoms with E-state index in [9.17, 15) is 4.79 Å². The van der Waals surface area contributed by atoms with Gasteiger partial charge in [-0.05, 0) is 91.2 Å². The first-order valence-electron chi connectivity index (χ1n) is 11.3. The van der Waals surface area contributed by atoms with Crippen molar-refractivity contribution in [3.05, 3.63) is 92.8 Å². The molecule has 0 bridgehead atoms. The molecule has 1 heterocycles. The van der Waals surface area contributed by atoms with E-state index in [0.717, 1.165) is 27.9 Å². The fourth-order valence-corrected chi connectivity index (χ4v) is 4.78. The number of halogens is 1. The molecule has 0 atom stereocenters. The molecular weight excluding hydrogens is 480 g/mol. The zero-order valence-electron chi connectivity index (χ0n) is 20.2. The number of hydrogen-bond donors (Lipinski definition) is 0. The second-order valence-electron chi connectivity index (χ2n) is 8.17. The first-order chi connectivity index (χ1) is 16.9. The van der Waals surface area contributed by atoms with Gasteiger partial charge in [0.1, 0.15) is 6.61 Å². The molecule has 0 spiro atoms. The SMILES string of the molecule is CCN1C(=O)/C(=C\c2ccc(OCc3ccc(Cl)cc3)c(OC)c2)SC1=Nc1cc(C)ccc1C. The lowest BCUT2D eigenvalue weighted by atomic mass is 10.1. The van der Waals surface area contributed by atoms with E-state index >= 15 is 0 Å². The minimum Gasteiger partial charge on any atom is -0.493 e. The first kappa shape index (κ1) is 24.9. The molecule has 180 valence electrons. The van der Waals surface area contributed by atoms with E-state index in [2.05, 4.69) is 6.07 Å². The number of carbonyl (C=O) groups excluding carboxylic acids is 1. The molecule has 0 aliphatic carbocycles. The smallest absolute Gasteiger partial charge is 0.266 e. The minimum absolute atomic E-state index is 0.0522. The number of nitrogens with zero attached hydrogens (tertiary/aromatic N) is 2. The molecule has 0 saturated carbocycles. The number of thioether (sulfide) groups is 1. The van der Waals surface area contributed by atoms with E-state index in [-0.39, 0.29) is 5.91 Å². The van der Waals surface area contributed by atoms with Crippen LogP contribution in [-0.4, -0.2) is 29.6 Å². The number of aryl methyl sites for hydroxylation is 2. The highest BCUT2D eigenvalue weighted by Crippen LogP contribution is 2.36. The molecule has 3 aromatic carbocycles. The van der Waals surface area contributed by atoms with Crippen molar-refractivity contribution in [1.82, 2.24) is 4.90 Å². The van der Waals surface area contributed by atoms with Gasteiger partial charge in [-0.3, -0.25) is 9.69 Å². The van der Waals surface area contributed by atoms with Gasteiger partial charge >= 0.3 is 0 Å². The molecule has 0 aromatic heterocycles. The number of amidine groups is 1. The minimum atomic E-state index is -0.0522. The van der Waals surface area contributed by atoms with Crippen LogP contribution in [-0.2, 0) is 11.4 Å². The van der Waals surface area contributed by atoms with Gasteiger partial charge in [0.05, 0.1) is 17.7 Å². The number of amides is 1. The number of carbonyl (C=O) groups is 1. The summed E-state index contributed by atoms with van der Waals surface area (Å²) in [6.07, 6.45) is 1.87. The molecule has 1 fully saturated rings. The lowest BCUT2D eigenvalue weighted by Gasteiger charge is -2.13. The Morgan fingerprint density at radius 1 is 1.03 bits per heavy atom. The van der Waals surface area contributed by atoms with Crippen molar-refractivity contribution in [2.75, 3.05) is 13.7 Å². The van der Waals surface area contributed by atoms with Gasteiger partial charge in [-0.15, -0.1) is 0 Å². The number of aliphatic imine (C=N–C) groups is 1. The van der Waals surface area contributed by atoms with Crippen LogP contribution >= 0.6 is 23.4 Å². The maximum absolute atomic E-state index is 13.1. The monoisotopic (exact) mass is 506 g/mol. The predicted molar refractivity (Wildman–Crippen MR) is 145 cm³/mol. The van der Waals surface area contributed by atoms with Crippen LogP contribution in [0.2, 0.25) is 5.02 Å². The topological polar surface area (TPSA) is 51.1 Å². The van der Waals surface area contributed by atoms with Crippen LogP contribution in [0.25, 0.3) is 6.08 Å². The average molecular weight is 507 g/mol. The van der Waals surface area contributed by atoms with Gasteiger partial charge in [-0.1, -0.05) is 41.9 Å². The lowest BCUT2D eigenvalue weighted by molar-refractivity contribution is -0.122. The lowest BCUT2D eigenvalue weighted by Crippen LogP contribution is -2.28. The van der Waals surface area contributed by atoms with E-state index in [1.165, 1.54) is 11.8 Å². The fraction of sp³-hybridized carbons (Fsp3) is 0.214. The van der Waals surface area contributed by atoms with E-state index in [0.29, 0.717) is 39.7 Å². The third kappa shape index (κ3) is 5.89. The van der Waals surface area contributed by atoms with Crippen LogP contribution in [0.5, 0.6) is 11.5 Å². The third-order valence-electron chi connectivity index (χ3n) is 5.58. The van der Waals surface area contributed by atoms with Crippen LogP contribution < -0.4 is 9.47 Å². The van der Waals surface area contributed by atoms with Crippen LogP contribution in [0.15, 0.2) is 70.6 Å². The van der Waals surface area contributed by atoms with Crippen molar-refractivity contribution in [3.63, 3.8) is 0 Å². The third-order valence-corrected chi connectivity index (χ3v) is 6.84. The zero-order valence-corrected chi connectivity index (χ0v) is 21.7. The van der Waals surface area contributed by atoms with Gasteiger partial charge in [0.25, 0.3) is 5.91 Å². The van der Waals surface area contributed by atoms with E-state index in [4.69, 9.17) is 26.1 Å². The molecule has 4 rings (SSSR count). The maximum Gasteiger partial charge on any atom is 0.266 e. The number of hydrogen-bond acceptors (Lipinski definition) is 5. The number of benzene rings is 3. The Kier molecular flexibility index (Phi) is 7.83. The molecule has 1 saturated heterocycles. The number of rotatable bonds is 7. The van der Waals surface area contributed by atoms with Crippen LogP contribution in [0.4, 0.5) is 5.69 Å². The Hall–Kier alpha value is -3.22. The predicted octanol–water partition coefficient (Wildman–Crippen LogP) is 7.17. The van der Waals surface area contributed by atoms with Crippen molar-refractivity contribution >= 4 is 46.2 Å². The molecule has 0 unspecified atom stereocenters. The van der Waals surface area contributed by atoms with Crippen LogP contribution in [0.1, 0.15) is 29.2 Å². The molecule has 0 radical (unpaired) electrons. The largest absolute Gasteiger partial charge is 0.493 e. The van der Waals surface area contributed by atoms with Crippen molar-refractivity contribution in [1.29, 1.82) is 0 Å². The zero-order chi connectivity index (χ0) is 24.9. The molecular formula is C28H27ClN2O3S. The summed E-state index contributed by atoms with van der Waals surface area (Å²) in [7, 11) is 1.60. The van der Waals surface area contributed by atoms with E-state index in [1.54, 1.807) is 12.0 Å². The van der Waals surface area contributed by atoms with Crippen molar-refractivity contribution in [3.8, 4) is 11.5 Å². The summed E-state index contributed by atoms with van der Waals surface area (Å²) in [6.45, 7) is 6.96. The van der Waals surface area contributed by atoms with Gasteiger partial charge in [0.2, 0.25) is 0 Å². The summed E-state index contributed by atoms with van der Waals surface area (Å²) in [6, 6.07) is 19.3. The van der Waals surface area contributed by atoms with Gasteiger partial charge in [0.15, 0.2) is 16.7 Å². The maximum atomic E-state index is 13.1.